The number of nitrogens with zero attached hydrogens (tertiary/aromatic N) is 1. The van der Waals surface area contributed by atoms with Crippen molar-refractivity contribution in [1.29, 1.82) is 5.26 Å². The Hall–Kier alpha value is -1.02. The monoisotopic (exact) mass is 278 g/mol. The highest BCUT2D eigenvalue weighted by atomic mass is 32.2. The van der Waals surface area contributed by atoms with E-state index in [1.54, 1.807) is 11.8 Å². The predicted octanol–water partition coefficient (Wildman–Crippen LogP) is 2.78. The Kier molecular flexibility index (Phi) is 6.93. The lowest BCUT2D eigenvalue weighted by Gasteiger charge is -2.11. The van der Waals surface area contributed by atoms with Crippen LogP contribution in [0.5, 0.6) is 0 Å². The summed E-state index contributed by atoms with van der Waals surface area (Å²) in [6.07, 6.45) is 0. The lowest BCUT2D eigenvalue weighted by Crippen LogP contribution is -2.21. The SMILES string of the molecule is CC(CO)CSc1ccc(CNC(C)C)cc1C#N. The topological polar surface area (TPSA) is 56.0 Å². The van der Waals surface area contributed by atoms with Gasteiger partial charge in [-0.3, -0.25) is 0 Å². The molecule has 0 aliphatic heterocycles. The zero-order chi connectivity index (χ0) is 14.3. The van der Waals surface area contributed by atoms with Crippen molar-refractivity contribution in [2.45, 2.75) is 38.3 Å². The molecule has 0 saturated heterocycles. The zero-order valence-electron chi connectivity index (χ0n) is 11.8. The molecule has 1 atom stereocenters. The summed E-state index contributed by atoms with van der Waals surface area (Å²) in [6.45, 7) is 7.17. The Morgan fingerprint density at radius 2 is 2.11 bits per heavy atom. The van der Waals surface area contributed by atoms with Crippen LogP contribution in [0.25, 0.3) is 0 Å². The van der Waals surface area contributed by atoms with Crippen LogP contribution < -0.4 is 5.32 Å². The van der Waals surface area contributed by atoms with E-state index < -0.39 is 0 Å². The molecule has 1 rings (SSSR count). The molecule has 1 unspecified atom stereocenters. The molecule has 0 fully saturated rings. The first-order chi connectivity index (χ1) is 9.06. The fraction of sp³-hybridized carbons (Fsp3) is 0.533. The van der Waals surface area contributed by atoms with E-state index in [4.69, 9.17) is 5.11 Å². The van der Waals surface area contributed by atoms with Crippen molar-refractivity contribution in [3.8, 4) is 6.07 Å². The molecule has 0 heterocycles. The van der Waals surface area contributed by atoms with Crippen molar-refractivity contribution in [3.63, 3.8) is 0 Å². The summed E-state index contributed by atoms with van der Waals surface area (Å²) in [5, 5.41) is 21.6. The van der Waals surface area contributed by atoms with Gasteiger partial charge in [0.25, 0.3) is 0 Å². The molecule has 0 bridgehead atoms. The quantitative estimate of drug-likeness (QED) is 0.753. The number of aliphatic hydroxyl groups excluding tert-OH is 1. The van der Waals surface area contributed by atoms with E-state index >= 15 is 0 Å². The number of hydrogen-bond donors (Lipinski definition) is 2. The van der Waals surface area contributed by atoms with E-state index in [9.17, 15) is 5.26 Å². The number of nitrogens with one attached hydrogen (secondary N) is 1. The molecule has 0 aliphatic carbocycles. The Morgan fingerprint density at radius 3 is 2.68 bits per heavy atom. The van der Waals surface area contributed by atoms with Crippen LogP contribution in [-0.4, -0.2) is 23.5 Å². The summed E-state index contributed by atoms with van der Waals surface area (Å²) in [6, 6.07) is 8.70. The smallest absolute Gasteiger partial charge is 0.100 e. The second-order valence-electron chi connectivity index (χ2n) is 5.08. The second kappa shape index (κ2) is 8.21. The molecule has 1 aromatic rings. The van der Waals surface area contributed by atoms with Crippen molar-refractivity contribution in [3.05, 3.63) is 29.3 Å². The highest BCUT2D eigenvalue weighted by molar-refractivity contribution is 7.99. The molecule has 19 heavy (non-hydrogen) atoms. The van der Waals surface area contributed by atoms with Crippen LogP contribution in [0, 0.1) is 17.2 Å². The average Bonchev–Trinajstić information content (AvgIpc) is 2.42. The first-order valence-electron chi connectivity index (χ1n) is 6.56. The highest BCUT2D eigenvalue weighted by Gasteiger charge is 2.07. The molecule has 0 spiro atoms. The first kappa shape index (κ1) is 16.0. The van der Waals surface area contributed by atoms with Crippen molar-refractivity contribution in [1.82, 2.24) is 5.32 Å². The van der Waals surface area contributed by atoms with Gasteiger partial charge in [-0.25, -0.2) is 0 Å². The minimum absolute atomic E-state index is 0.186. The van der Waals surface area contributed by atoms with Gasteiger partial charge in [0.1, 0.15) is 6.07 Å². The fourth-order valence-corrected chi connectivity index (χ4v) is 2.50. The zero-order valence-corrected chi connectivity index (χ0v) is 12.6. The largest absolute Gasteiger partial charge is 0.396 e. The maximum Gasteiger partial charge on any atom is 0.100 e. The van der Waals surface area contributed by atoms with E-state index in [1.165, 1.54) is 0 Å². The van der Waals surface area contributed by atoms with E-state index in [0.717, 1.165) is 28.3 Å². The minimum Gasteiger partial charge on any atom is -0.396 e. The standard InChI is InChI=1S/C15H22N2OS/c1-11(2)17-8-13-4-5-15(14(6-13)7-16)19-10-12(3)9-18/h4-6,11-12,17-18H,8-10H2,1-3H3. The fourth-order valence-electron chi connectivity index (χ4n) is 1.51. The third kappa shape index (κ3) is 5.65. The Morgan fingerprint density at radius 1 is 1.37 bits per heavy atom. The van der Waals surface area contributed by atoms with Crippen molar-refractivity contribution in [2.24, 2.45) is 5.92 Å². The lowest BCUT2D eigenvalue weighted by molar-refractivity contribution is 0.250. The molecule has 0 aliphatic rings. The van der Waals surface area contributed by atoms with Gasteiger partial charge in [0.2, 0.25) is 0 Å². The second-order valence-corrected chi connectivity index (χ2v) is 6.14. The van der Waals surface area contributed by atoms with Crippen LogP contribution in [-0.2, 0) is 6.54 Å². The van der Waals surface area contributed by atoms with Crippen LogP contribution in [0.15, 0.2) is 23.1 Å². The van der Waals surface area contributed by atoms with Crippen molar-refractivity contribution < 1.29 is 5.11 Å². The third-order valence-corrected chi connectivity index (χ3v) is 4.12. The van der Waals surface area contributed by atoms with E-state index in [1.807, 2.05) is 19.1 Å². The average molecular weight is 278 g/mol. The summed E-state index contributed by atoms with van der Waals surface area (Å²) in [4.78, 5) is 0.996. The summed E-state index contributed by atoms with van der Waals surface area (Å²) in [5.74, 6) is 1.08. The van der Waals surface area contributed by atoms with Crippen molar-refractivity contribution >= 4 is 11.8 Å². The number of hydrogen-bond acceptors (Lipinski definition) is 4. The first-order valence-corrected chi connectivity index (χ1v) is 7.55. The lowest BCUT2D eigenvalue weighted by atomic mass is 10.1. The predicted molar refractivity (Wildman–Crippen MR) is 80.1 cm³/mol. The van der Waals surface area contributed by atoms with Gasteiger partial charge in [-0.15, -0.1) is 11.8 Å². The molecule has 3 nitrogen and oxygen atoms in total. The summed E-state index contributed by atoms with van der Waals surface area (Å²) < 4.78 is 0. The number of aliphatic hydroxyl groups is 1. The van der Waals surface area contributed by atoms with Gasteiger partial charge in [-0.2, -0.15) is 5.26 Å². The van der Waals surface area contributed by atoms with Gasteiger partial charge >= 0.3 is 0 Å². The highest BCUT2D eigenvalue weighted by Crippen LogP contribution is 2.25. The molecular weight excluding hydrogens is 256 g/mol. The molecule has 0 aromatic heterocycles. The van der Waals surface area contributed by atoms with Gasteiger partial charge in [-0.05, 0) is 23.6 Å². The number of nitriles is 1. The number of rotatable bonds is 7. The summed E-state index contributed by atoms with van der Waals surface area (Å²) >= 11 is 1.63. The van der Waals surface area contributed by atoms with Gasteiger partial charge in [-0.1, -0.05) is 26.8 Å². The number of benzene rings is 1. The molecule has 0 amide bonds. The van der Waals surface area contributed by atoms with E-state index in [0.29, 0.717) is 6.04 Å². The van der Waals surface area contributed by atoms with Crippen LogP contribution in [0.3, 0.4) is 0 Å². The molecule has 4 heteroatoms. The van der Waals surface area contributed by atoms with E-state index in [2.05, 4.69) is 31.3 Å². The Balaban J connectivity index is 2.71. The maximum absolute atomic E-state index is 9.21. The molecule has 104 valence electrons. The molecular formula is C15H22N2OS. The summed E-state index contributed by atoms with van der Waals surface area (Å²) in [7, 11) is 0. The van der Waals surface area contributed by atoms with Gasteiger partial charge < -0.3 is 10.4 Å². The molecule has 0 saturated carbocycles. The normalized spacial score (nSPS) is 12.4. The Labute approximate surface area is 120 Å². The van der Waals surface area contributed by atoms with Gasteiger partial charge in [0.15, 0.2) is 0 Å². The van der Waals surface area contributed by atoms with Crippen LogP contribution in [0.2, 0.25) is 0 Å². The van der Waals surface area contributed by atoms with Crippen LogP contribution >= 0.6 is 11.8 Å². The molecule has 0 radical (unpaired) electrons. The Bertz CT molecular complexity index is 440. The molecule has 2 N–H and O–H groups in total. The van der Waals surface area contributed by atoms with Gasteiger partial charge in [0, 0.05) is 29.8 Å². The van der Waals surface area contributed by atoms with Gasteiger partial charge in [0.05, 0.1) is 5.56 Å². The third-order valence-electron chi connectivity index (χ3n) is 2.71. The number of thioether (sulfide) groups is 1. The van der Waals surface area contributed by atoms with E-state index in [-0.39, 0.29) is 12.5 Å². The van der Waals surface area contributed by atoms with Crippen LogP contribution in [0.4, 0.5) is 0 Å². The maximum atomic E-state index is 9.21. The minimum atomic E-state index is 0.186. The molecule has 1 aromatic carbocycles. The van der Waals surface area contributed by atoms with Crippen molar-refractivity contribution in [2.75, 3.05) is 12.4 Å². The van der Waals surface area contributed by atoms with Crippen LogP contribution in [0.1, 0.15) is 31.9 Å². The summed E-state index contributed by atoms with van der Waals surface area (Å²) in [5.41, 5.74) is 1.85.